The number of aromatic nitrogens is 2. The lowest BCUT2D eigenvalue weighted by molar-refractivity contribution is -0.700. The van der Waals surface area contributed by atoms with Crippen LogP contribution in [0, 0.1) is 0 Å². The van der Waals surface area contributed by atoms with Crippen LogP contribution in [-0.2, 0) is 19.5 Å². The second-order valence-corrected chi connectivity index (χ2v) is 6.49. The highest BCUT2D eigenvalue weighted by Gasteiger charge is 2.15. The van der Waals surface area contributed by atoms with Gasteiger partial charge in [0.05, 0.1) is 6.54 Å². The van der Waals surface area contributed by atoms with E-state index in [9.17, 15) is 0 Å². The van der Waals surface area contributed by atoms with Gasteiger partial charge in [-0.05, 0) is 18.9 Å². The monoisotopic (exact) mass is 313 g/mol. The minimum atomic E-state index is 0.986. The van der Waals surface area contributed by atoms with E-state index in [1.165, 1.54) is 62.8 Å². The minimum Gasteiger partial charge on any atom is -0.235 e. The van der Waals surface area contributed by atoms with Gasteiger partial charge in [-0.3, -0.25) is 0 Å². The molecule has 0 aliphatic carbocycles. The maximum atomic E-state index is 2.43. The van der Waals surface area contributed by atoms with Crippen molar-refractivity contribution in [1.29, 1.82) is 0 Å². The SMILES string of the molecule is CCCCCCCCCc1n(Cc2ccccc2)cc[n+]1CC. The third-order valence-electron chi connectivity index (χ3n) is 4.63. The van der Waals surface area contributed by atoms with Gasteiger partial charge in [0, 0.05) is 6.42 Å². The first-order valence-corrected chi connectivity index (χ1v) is 9.46. The summed E-state index contributed by atoms with van der Waals surface area (Å²) in [6, 6.07) is 10.8. The van der Waals surface area contributed by atoms with Crippen LogP contribution in [0.1, 0.15) is 70.2 Å². The van der Waals surface area contributed by atoms with Gasteiger partial charge in [0.25, 0.3) is 5.82 Å². The van der Waals surface area contributed by atoms with Crippen molar-refractivity contribution < 1.29 is 4.57 Å². The highest BCUT2D eigenvalue weighted by atomic mass is 15.1. The molecule has 126 valence electrons. The maximum Gasteiger partial charge on any atom is 0.256 e. The van der Waals surface area contributed by atoms with E-state index in [-0.39, 0.29) is 0 Å². The third-order valence-corrected chi connectivity index (χ3v) is 4.63. The summed E-state index contributed by atoms with van der Waals surface area (Å²) in [6.45, 7) is 6.57. The van der Waals surface area contributed by atoms with Crippen LogP contribution in [0.5, 0.6) is 0 Å². The van der Waals surface area contributed by atoms with E-state index in [0.717, 1.165) is 13.1 Å². The van der Waals surface area contributed by atoms with Gasteiger partial charge in [0.2, 0.25) is 0 Å². The number of imidazole rings is 1. The number of benzene rings is 1. The van der Waals surface area contributed by atoms with Gasteiger partial charge in [0.1, 0.15) is 18.9 Å². The fraction of sp³-hybridized carbons (Fsp3) is 0.571. The Labute approximate surface area is 142 Å². The lowest BCUT2D eigenvalue weighted by atomic mass is 10.1. The van der Waals surface area contributed by atoms with E-state index in [2.05, 4.69) is 65.7 Å². The molecule has 0 spiro atoms. The molecule has 2 nitrogen and oxygen atoms in total. The van der Waals surface area contributed by atoms with Gasteiger partial charge >= 0.3 is 0 Å². The van der Waals surface area contributed by atoms with Crippen LogP contribution < -0.4 is 4.57 Å². The van der Waals surface area contributed by atoms with Gasteiger partial charge in [0.15, 0.2) is 0 Å². The molecule has 0 saturated carbocycles. The molecule has 0 amide bonds. The largest absolute Gasteiger partial charge is 0.256 e. The number of hydrogen-bond acceptors (Lipinski definition) is 0. The Balaban J connectivity index is 1.85. The Kier molecular flexibility index (Phi) is 7.92. The fourth-order valence-electron chi connectivity index (χ4n) is 3.24. The molecule has 0 N–H and O–H groups in total. The van der Waals surface area contributed by atoms with Gasteiger partial charge in [-0.15, -0.1) is 0 Å². The van der Waals surface area contributed by atoms with Gasteiger partial charge < -0.3 is 0 Å². The van der Waals surface area contributed by atoms with Crippen molar-refractivity contribution in [2.45, 2.75) is 78.3 Å². The highest BCUT2D eigenvalue weighted by molar-refractivity contribution is 5.15. The summed E-state index contributed by atoms with van der Waals surface area (Å²) in [4.78, 5) is 0. The molecule has 0 saturated heterocycles. The summed E-state index contributed by atoms with van der Waals surface area (Å²) in [5.74, 6) is 1.48. The van der Waals surface area contributed by atoms with Crippen molar-refractivity contribution in [1.82, 2.24) is 4.57 Å². The zero-order chi connectivity index (χ0) is 16.3. The number of unbranched alkanes of at least 4 members (excludes halogenated alkanes) is 6. The van der Waals surface area contributed by atoms with E-state index in [1.807, 2.05) is 0 Å². The Bertz CT molecular complexity index is 542. The smallest absolute Gasteiger partial charge is 0.235 e. The molecule has 0 radical (unpaired) electrons. The molecule has 0 aliphatic heterocycles. The van der Waals surface area contributed by atoms with E-state index in [1.54, 1.807) is 0 Å². The molecule has 2 aromatic rings. The molecule has 2 heteroatoms. The second-order valence-electron chi connectivity index (χ2n) is 6.49. The van der Waals surface area contributed by atoms with Crippen molar-refractivity contribution in [2.24, 2.45) is 0 Å². The summed E-state index contributed by atoms with van der Waals surface area (Å²) >= 11 is 0. The van der Waals surface area contributed by atoms with Gasteiger partial charge in [-0.1, -0.05) is 75.8 Å². The first-order chi connectivity index (χ1) is 11.3. The van der Waals surface area contributed by atoms with Crippen LogP contribution in [0.25, 0.3) is 0 Å². The standard InChI is InChI=1S/C21H33N2/c1-3-5-6-7-8-9-13-16-21-22(4-2)17-18-23(21)19-20-14-11-10-12-15-20/h10-12,14-15,17-18H,3-9,13,16,19H2,1-2H3/q+1. The molecule has 0 aliphatic rings. The maximum absolute atomic E-state index is 2.43. The number of nitrogens with zero attached hydrogens (tertiary/aromatic N) is 2. The first-order valence-electron chi connectivity index (χ1n) is 9.46. The van der Waals surface area contributed by atoms with Gasteiger partial charge in [-0.25, -0.2) is 9.13 Å². The predicted octanol–water partition coefficient (Wildman–Crippen LogP) is 5.14. The van der Waals surface area contributed by atoms with E-state index < -0.39 is 0 Å². The van der Waals surface area contributed by atoms with Crippen LogP contribution in [0.15, 0.2) is 42.7 Å². The molecule has 1 aromatic carbocycles. The van der Waals surface area contributed by atoms with Crippen molar-refractivity contribution in [3.05, 3.63) is 54.1 Å². The average molecular weight is 314 g/mol. The fourth-order valence-corrected chi connectivity index (χ4v) is 3.24. The van der Waals surface area contributed by atoms with Crippen LogP contribution >= 0.6 is 0 Å². The Morgan fingerprint density at radius 2 is 1.57 bits per heavy atom. The van der Waals surface area contributed by atoms with Crippen LogP contribution in [0.3, 0.4) is 0 Å². The third kappa shape index (κ3) is 5.85. The molecule has 23 heavy (non-hydrogen) atoms. The molecule has 0 unspecified atom stereocenters. The Hall–Kier alpha value is -1.57. The zero-order valence-corrected chi connectivity index (χ0v) is 15.0. The van der Waals surface area contributed by atoms with Crippen LogP contribution in [0.4, 0.5) is 0 Å². The predicted molar refractivity (Wildman–Crippen MR) is 97.5 cm³/mol. The summed E-state index contributed by atoms with van der Waals surface area (Å²) < 4.78 is 4.83. The van der Waals surface area contributed by atoms with Crippen molar-refractivity contribution in [3.63, 3.8) is 0 Å². The quantitative estimate of drug-likeness (QED) is 0.401. The van der Waals surface area contributed by atoms with E-state index >= 15 is 0 Å². The minimum absolute atomic E-state index is 0.986. The summed E-state index contributed by atoms with van der Waals surface area (Å²) in [5.41, 5.74) is 1.38. The molecule has 0 atom stereocenters. The van der Waals surface area contributed by atoms with E-state index in [4.69, 9.17) is 0 Å². The zero-order valence-electron chi connectivity index (χ0n) is 15.0. The van der Waals surface area contributed by atoms with Crippen LogP contribution in [-0.4, -0.2) is 4.57 Å². The number of aryl methyl sites for hydroxylation is 1. The molecule has 0 bridgehead atoms. The molecule has 0 fully saturated rings. The Morgan fingerprint density at radius 1 is 0.870 bits per heavy atom. The summed E-state index contributed by atoms with van der Waals surface area (Å²) in [5, 5.41) is 0. The molecule has 1 heterocycles. The Morgan fingerprint density at radius 3 is 2.26 bits per heavy atom. The lowest BCUT2D eigenvalue weighted by Gasteiger charge is -2.05. The molecular weight excluding hydrogens is 280 g/mol. The highest BCUT2D eigenvalue weighted by Crippen LogP contribution is 2.11. The molecule has 1 aromatic heterocycles. The molecule has 2 rings (SSSR count). The second kappa shape index (κ2) is 10.3. The van der Waals surface area contributed by atoms with Crippen molar-refractivity contribution in [3.8, 4) is 0 Å². The lowest BCUT2D eigenvalue weighted by Crippen LogP contribution is -2.36. The number of rotatable bonds is 11. The normalized spacial score (nSPS) is 11.0. The van der Waals surface area contributed by atoms with E-state index in [0.29, 0.717) is 0 Å². The van der Waals surface area contributed by atoms with Crippen molar-refractivity contribution in [2.75, 3.05) is 0 Å². The average Bonchev–Trinajstić information content (AvgIpc) is 2.97. The van der Waals surface area contributed by atoms with Crippen molar-refractivity contribution >= 4 is 0 Å². The first kappa shape index (κ1) is 17.8. The van der Waals surface area contributed by atoms with Crippen LogP contribution in [0.2, 0.25) is 0 Å². The molecular formula is C21H33N2+. The topological polar surface area (TPSA) is 8.81 Å². The van der Waals surface area contributed by atoms with Gasteiger partial charge in [-0.2, -0.15) is 0 Å². The summed E-state index contributed by atoms with van der Waals surface area (Å²) in [6.07, 6.45) is 15.3. The summed E-state index contributed by atoms with van der Waals surface area (Å²) in [7, 11) is 0. The number of hydrogen-bond donors (Lipinski definition) is 0.